The van der Waals surface area contributed by atoms with Gasteiger partial charge in [0.25, 0.3) is 0 Å². The van der Waals surface area contributed by atoms with Crippen LogP contribution >= 0.6 is 46.7 Å². The number of hydrogen-bond acceptors (Lipinski definition) is 7. The largest absolute Gasteiger partial charge is 0.392 e. The first-order valence-electron chi connectivity index (χ1n) is 13.6. The smallest absolute Gasteiger partial charge is 0.322 e. The predicted molar refractivity (Wildman–Crippen MR) is 168 cm³/mol. The monoisotopic (exact) mass is 652 g/mol. The van der Waals surface area contributed by atoms with Gasteiger partial charge in [0.15, 0.2) is 0 Å². The molecule has 0 saturated heterocycles. The average molecular weight is 654 g/mol. The molecule has 2 aromatic heterocycles. The van der Waals surface area contributed by atoms with Crippen LogP contribution < -0.4 is 0 Å². The van der Waals surface area contributed by atoms with Gasteiger partial charge in [-0.05, 0) is 86.0 Å². The Labute approximate surface area is 266 Å². The lowest BCUT2D eigenvalue weighted by atomic mass is 10.0. The Kier molecular flexibility index (Phi) is 8.35. The molecule has 0 fully saturated rings. The molecular formula is C32H26Cl2N2O5S2. The SMILES string of the molecule is CSc1cc2n(c1C(=O)c1ccc(Cl)cc1)CCC2C(=O)OC(=O)C1CCn2c1cc(SC)c2C(=O)c1ccc(Cl)cc1. The summed E-state index contributed by atoms with van der Waals surface area (Å²) in [5.41, 5.74) is 3.36. The molecule has 4 aromatic rings. The maximum Gasteiger partial charge on any atom is 0.322 e. The quantitative estimate of drug-likeness (QED) is 0.0857. The first kappa shape index (κ1) is 29.8. The molecule has 6 rings (SSSR count). The van der Waals surface area contributed by atoms with Crippen molar-refractivity contribution in [1.82, 2.24) is 9.13 Å². The Morgan fingerprint density at radius 3 is 1.40 bits per heavy atom. The van der Waals surface area contributed by atoms with Crippen molar-refractivity contribution >= 4 is 70.2 Å². The number of esters is 2. The van der Waals surface area contributed by atoms with E-state index in [0.717, 1.165) is 9.79 Å². The molecule has 0 amide bonds. The molecule has 4 heterocycles. The van der Waals surface area contributed by atoms with Crippen LogP contribution in [0.1, 0.15) is 68.2 Å². The zero-order valence-electron chi connectivity index (χ0n) is 23.3. The van der Waals surface area contributed by atoms with E-state index in [-0.39, 0.29) is 11.6 Å². The average Bonchev–Trinajstić information content (AvgIpc) is 3.76. The maximum atomic E-state index is 13.4. The minimum Gasteiger partial charge on any atom is -0.392 e. The van der Waals surface area contributed by atoms with Crippen molar-refractivity contribution in [1.29, 1.82) is 0 Å². The van der Waals surface area contributed by atoms with Crippen LogP contribution in [0, 0.1) is 0 Å². The molecule has 0 radical (unpaired) electrons. The van der Waals surface area contributed by atoms with E-state index in [4.69, 9.17) is 27.9 Å². The van der Waals surface area contributed by atoms with E-state index in [9.17, 15) is 19.2 Å². The number of nitrogens with zero attached hydrogens (tertiary/aromatic N) is 2. The fourth-order valence-electron chi connectivity index (χ4n) is 5.93. The molecule has 2 aliphatic heterocycles. The topological polar surface area (TPSA) is 87.4 Å². The number of benzene rings is 2. The van der Waals surface area contributed by atoms with Crippen molar-refractivity contribution in [2.24, 2.45) is 0 Å². The van der Waals surface area contributed by atoms with Crippen LogP contribution in [0.3, 0.4) is 0 Å². The van der Waals surface area contributed by atoms with Gasteiger partial charge in [-0.2, -0.15) is 0 Å². The van der Waals surface area contributed by atoms with Crippen LogP contribution in [0.2, 0.25) is 10.0 Å². The summed E-state index contributed by atoms with van der Waals surface area (Å²) in [4.78, 5) is 55.1. The number of carbonyl (C=O) groups is 4. The van der Waals surface area contributed by atoms with Gasteiger partial charge in [-0.1, -0.05) is 23.2 Å². The Hall–Kier alpha value is -3.24. The summed E-state index contributed by atoms with van der Waals surface area (Å²) in [5, 5.41) is 1.08. The molecule has 43 heavy (non-hydrogen) atoms. The Balaban J connectivity index is 1.22. The van der Waals surface area contributed by atoms with Crippen molar-refractivity contribution in [3.05, 3.63) is 105 Å². The fraction of sp³-hybridized carbons (Fsp3) is 0.250. The summed E-state index contributed by atoms with van der Waals surface area (Å²) in [6.07, 6.45) is 4.61. The second-order valence-electron chi connectivity index (χ2n) is 10.4. The molecule has 2 unspecified atom stereocenters. The Bertz CT molecular complexity index is 1650. The third kappa shape index (κ3) is 5.37. The lowest BCUT2D eigenvalue weighted by molar-refractivity contribution is -0.161. The number of fused-ring (bicyclic) bond motifs is 2. The van der Waals surface area contributed by atoms with Crippen molar-refractivity contribution in [3.8, 4) is 0 Å². The van der Waals surface area contributed by atoms with Gasteiger partial charge in [0.2, 0.25) is 11.6 Å². The van der Waals surface area contributed by atoms with Crippen LogP contribution in [0.15, 0.2) is 70.5 Å². The van der Waals surface area contributed by atoms with Gasteiger partial charge >= 0.3 is 11.9 Å². The highest BCUT2D eigenvalue weighted by Crippen LogP contribution is 2.40. The summed E-state index contributed by atoms with van der Waals surface area (Å²) in [5.74, 6) is -2.91. The van der Waals surface area contributed by atoms with Crippen molar-refractivity contribution in [2.45, 2.75) is 47.6 Å². The van der Waals surface area contributed by atoms with E-state index in [1.807, 2.05) is 33.8 Å². The molecule has 0 saturated carbocycles. The molecule has 7 nitrogen and oxygen atoms in total. The third-order valence-corrected chi connectivity index (χ3v) is 10.0. The van der Waals surface area contributed by atoms with Gasteiger partial charge in [0.1, 0.15) is 11.4 Å². The summed E-state index contributed by atoms with van der Waals surface area (Å²) in [6, 6.07) is 17.1. The van der Waals surface area contributed by atoms with E-state index in [1.54, 1.807) is 48.5 Å². The van der Waals surface area contributed by atoms with Crippen molar-refractivity contribution in [3.63, 3.8) is 0 Å². The molecule has 0 bridgehead atoms. The minimum absolute atomic E-state index is 0.155. The van der Waals surface area contributed by atoms with E-state index in [1.165, 1.54) is 23.5 Å². The molecule has 11 heteroatoms. The molecule has 0 spiro atoms. The summed E-state index contributed by atoms with van der Waals surface area (Å²) in [6.45, 7) is 0.913. The lowest BCUT2D eigenvalue weighted by Crippen LogP contribution is -2.22. The first-order valence-corrected chi connectivity index (χ1v) is 16.8. The number of halogens is 2. The molecule has 2 aliphatic rings. The van der Waals surface area contributed by atoms with E-state index >= 15 is 0 Å². The van der Waals surface area contributed by atoms with Gasteiger partial charge in [-0.3, -0.25) is 19.2 Å². The van der Waals surface area contributed by atoms with Gasteiger partial charge in [-0.25, -0.2) is 0 Å². The number of rotatable bonds is 8. The predicted octanol–water partition coefficient (Wildman–Crippen LogP) is 7.25. The van der Waals surface area contributed by atoms with E-state index in [2.05, 4.69) is 0 Å². The van der Waals surface area contributed by atoms with Crippen LogP contribution in [0.5, 0.6) is 0 Å². The van der Waals surface area contributed by atoms with Crippen molar-refractivity contribution in [2.75, 3.05) is 12.5 Å². The third-order valence-electron chi connectivity index (χ3n) is 8.04. The van der Waals surface area contributed by atoms with Crippen molar-refractivity contribution < 1.29 is 23.9 Å². The summed E-state index contributed by atoms with van der Waals surface area (Å²) >= 11 is 14.9. The highest BCUT2D eigenvalue weighted by Gasteiger charge is 2.40. The molecule has 2 aromatic carbocycles. The summed E-state index contributed by atoms with van der Waals surface area (Å²) in [7, 11) is 0. The number of carbonyl (C=O) groups excluding carboxylic acids is 4. The highest BCUT2D eigenvalue weighted by molar-refractivity contribution is 7.99. The zero-order chi connectivity index (χ0) is 30.4. The molecule has 220 valence electrons. The number of ether oxygens (including phenoxy) is 1. The first-order chi connectivity index (χ1) is 20.7. The second-order valence-corrected chi connectivity index (χ2v) is 12.9. The minimum atomic E-state index is -0.668. The van der Waals surface area contributed by atoms with Gasteiger partial charge < -0.3 is 13.9 Å². The highest BCUT2D eigenvalue weighted by atomic mass is 35.5. The fourth-order valence-corrected chi connectivity index (χ4v) is 7.45. The lowest BCUT2D eigenvalue weighted by Gasteiger charge is -2.12. The molecular weight excluding hydrogens is 627 g/mol. The molecule has 0 N–H and O–H groups in total. The number of aromatic nitrogens is 2. The van der Waals surface area contributed by atoms with Gasteiger partial charge in [0, 0.05) is 55.4 Å². The Morgan fingerprint density at radius 1 is 0.674 bits per heavy atom. The zero-order valence-corrected chi connectivity index (χ0v) is 26.4. The molecule has 0 aliphatic carbocycles. The van der Waals surface area contributed by atoms with Crippen LogP contribution in [-0.4, -0.2) is 45.2 Å². The van der Waals surface area contributed by atoms with Crippen LogP contribution in [-0.2, 0) is 27.4 Å². The van der Waals surface area contributed by atoms with Crippen LogP contribution in [0.4, 0.5) is 0 Å². The summed E-state index contributed by atoms with van der Waals surface area (Å²) < 4.78 is 9.22. The maximum absolute atomic E-state index is 13.4. The van der Waals surface area contributed by atoms with Gasteiger partial charge in [0.05, 0.1) is 11.8 Å². The van der Waals surface area contributed by atoms with E-state index in [0.29, 0.717) is 69.9 Å². The van der Waals surface area contributed by atoms with Gasteiger partial charge in [-0.15, -0.1) is 23.5 Å². The standard InChI is InChI=1S/C32H26Cl2N2O5S2/c1-42-25-15-23-21(11-13-35(23)27(25)29(37)17-3-7-19(33)8-4-17)31(39)41-32(40)22-12-14-36-24(22)16-26(43-2)28(36)30(38)18-5-9-20(34)10-6-18/h3-10,15-16,21-22H,11-14H2,1-2H3. The van der Waals surface area contributed by atoms with E-state index < -0.39 is 23.8 Å². The van der Waals surface area contributed by atoms with Crippen LogP contribution in [0.25, 0.3) is 0 Å². The Morgan fingerprint density at radius 2 is 1.05 bits per heavy atom. The number of thioether (sulfide) groups is 2. The number of ketones is 2. The second kappa shape index (κ2) is 12.0. The molecule has 2 atom stereocenters. The number of hydrogen-bond donors (Lipinski definition) is 0. The normalized spacial score (nSPS) is 17.0.